The topological polar surface area (TPSA) is 72.6 Å². The third kappa shape index (κ3) is 3.47. The van der Waals surface area contributed by atoms with Crippen molar-refractivity contribution in [3.05, 3.63) is 54.1 Å². The third-order valence-electron chi connectivity index (χ3n) is 3.76. The van der Waals surface area contributed by atoms with E-state index >= 15 is 0 Å². The van der Waals surface area contributed by atoms with Gasteiger partial charge in [-0.05, 0) is 24.1 Å². The number of ether oxygens (including phenoxy) is 1. The van der Waals surface area contributed by atoms with E-state index in [4.69, 9.17) is 9.88 Å². The summed E-state index contributed by atoms with van der Waals surface area (Å²) >= 11 is 0. The molecule has 2 aromatic rings. The first-order valence-electron chi connectivity index (χ1n) is 6.83. The first-order valence-corrected chi connectivity index (χ1v) is 8.34. The smallest absolute Gasteiger partial charge is 0.277 e. The van der Waals surface area contributed by atoms with E-state index in [0.717, 1.165) is 26.7 Å². The lowest BCUT2D eigenvalue weighted by atomic mass is 10.0. The van der Waals surface area contributed by atoms with Crippen molar-refractivity contribution in [2.75, 3.05) is 14.2 Å². The molecule has 0 aliphatic heterocycles. The number of nitrogens with two attached hydrogens (primary N) is 1. The Kier molecular flexibility index (Phi) is 4.85. The van der Waals surface area contributed by atoms with Gasteiger partial charge in [0.2, 0.25) is 0 Å². The minimum atomic E-state index is -3.71. The number of benzene rings is 2. The highest BCUT2D eigenvalue weighted by Gasteiger charge is 2.20. The molecule has 0 fully saturated rings. The van der Waals surface area contributed by atoms with Crippen LogP contribution in [0.25, 0.3) is 11.1 Å². The van der Waals surface area contributed by atoms with Crippen molar-refractivity contribution < 1.29 is 13.2 Å². The minimum Gasteiger partial charge on any atom is -0.496 e. The minimum absolute atomic E-state index is 0.332. The summed E-state index contributed by atoms with van der Waals surface area (Å²) in [6.07, 6.45) is 0. The van der Waals surface area contributed by atoms with Crippen LogP contribution in [0.4, 0.5) is 0 Å². The van der Waals surface area contributed by atoms with Gasteiger partial charge < -0.3 is 4.74 Å². The van der Waals surface area contributed by atoms with Crippen LogP contribution >= 0.6 is 0 Å². The molecule has 0 bridgehead atoms. The van der Waals surface area contributed by atoms with Crippen molar-refractivity contribution in [2.45, 2.75) is 13.0 Å². The summed E-state index contributed by atoms with van der Waals surface area (Å²) in [5, 5.41) is 5.16. The van der Waals surface area contributed by atoms with Gasteiger partial charge in [0.25, 0.3) is 10.2 Å². The molecule has 0 saturated carbocycles. The van der Waals surface area contributed by atoms with E-state index in [2.05, 4.69) is 0 Å². The molecule has 118 valence electrons. The van der Waals surface area contributed by atoms with E-state index in [1.165, 1.54) is 7.05 Å². The van der Waals surface area contributed by atoms with E-state index in [1.807, 2.05) is 48.5 Å². The Labute approximate surface area is 131 Å². The van der Waals surface area contributed by atoms with Crippen molar-refractivity contribution >= 4 is 10.2 Å². The summed E-state index contributed by atoms with van der Waals surface area (Å²) in [4.78, 5) is 0. The van der Waals surface area contributed by atoms with Crippen LogP contribution in [0, 0.1) is 0 Å². The van der Waals surface area contributed by atoms with Crippen LogP contribution in [-0.4, -0.2) is 26.9 Å². The molecule has 0 aliphatic rings. The molecule has 2 aromatic carbocycles. The molecule has 0 heterocycles. The lowest BCUT2D eigenvalue weighted by molar-refractivity contribution is 0.399. The SMILES string of the molecule is COc1ccccc1-c1ccc([C@@H](C)N(C)S(N)(=O)=O)cc1. The van der Waals surface area contributed by atoms with Crippen LogP contribution in [0.15, 0.2) is 48.5 Å². The zero-order valence-electron chi connectivity index (χ0n) is 12.9. The van der Waals surface area contributed by atoms with Gasteiger partial charge in [-0.15, -0.1) is 0 Å². The zero-order valence-corrected chi connectivity index (χ0v) is 13.7. The summed E-state index contributed by atoms with van der Waals surface area (Å²) in [6.45, 7) is 1.79. The molecular formula is C16H20N2O3S. The van der Waals surface area contributed by atoms with Crippen molar-refractivity contribution in [3.63, 3.8) is 0 Å². The molecule has 0 saturated heterocycles. The maximum absolute atomic E-state index is 11.4. The van der Waals surface area contributed by atoms with Gasteiger partial charge in [-0.25, -0.2) is 5.14 Å². The van der Waals surface area contributed by atoms with Crippen LogP contribution in [0.5, 0.6) is 5.75 Å². The average Bonchev–Trinajstić information content (AvgIpc) is 2.52. The largest absolute Gasteiger partial charge is 0.496 e. The van der Waals surface area contributed by atoms with Crippen LogP contribution in [-0.2, 0) is 10.2 Å². The molecule has 0 aliphatic carbocycles. The first-order chi connectivity index (χ1) is 10.3. The normalized spacial score (nSPS) is 13.1. The summed E-state index contributed by atoms with van der Waals surface area (Å²) in [6, 6.07) is 15.1. The predicted octanol–water partition coefficient (Wildman–Crippen LogP) is 2.56. The fraction of sp³-hybridized carbons (Fsp3) is 0.250. The highest BCUT2D eigenvalue weighted by molar-refractivity contribution is 7.86. The van der Waals surface area contributed by atoms with Gasteiger partial charge >= 0.3 is 0 Å². The first kappa shape index (κ1) is 16.5. The van der Waals surface area contributed by atoms with Crippen molar-refractivity contribution in [2.24, 2.45) is 5.14 Å². The second-order valence-electron chi connectivity index (χ2n) is 5.06. The van der Waals surface area contributed by atoms with Crippen molar-refractivity contribution in [1.82, 2.24) is 4.31 Å². The highest BCUT2D eigenvalue weighted by Crippen LogP contribution is 2.31. The van der Waals surface area contributed by atoms with Gasteiger partial charge in [0.1, 0.15) is 5.75 Å². The Hall–Kier alpha value is -1.89. The Balaban J connectivity index is 2.31. The number of para-hydroxylation sites is 1. The van der Waals surface area contributed by atoms with Gasteiger partial charge in [0.15, 0.2) is 0 Å². The molecule has 0 spiro atoms. The van der Waals surface area contributed by atoms with E-state index in [0.29, 0.717) is 0 Å². The molecule has 0 aromatic heterocycles. The third-order valence-corrected chi connectivity index (χ3v) is 4.88. The standard InChI is InChI=1S/C16H20N2O3S/c1-12(18(2)22(17,19)20)13-8-10-14(11-9-13)15-6-4-5-7-16(15)21-3/h4-12H,1-3H3,(H2,17,19,20)/t12-/m1/s1. The second-order valence-corrected chi connectivity index (χ2v) is 6.67. The fourth-order valence-electron chi connectivity index (χ4n) is 2.25. The molecule has 6 heteroatoms. The van der Waals surface area contributed by atoms with Gasteiger partial charge in [-0.1, -0.05) is 42.5 Å². The van der Waals surface area contributed by atoms with Crippen LogP contribution in [0.1, 0.15) is 18.5 Å². The number of hydrogen-bond donors (Lipinski definition) is 1. The van der Waals surface area contributed by atoms with Crippen molar-refractivity contribution in [3.8, 4) is 16.9 Å². The van der Waals surface area contributed by atoms with Crippen LogP contribution in [0.2, 0.25) is 0 Å². The summed E-state index contributed by atoms with van der Waals surface area (Å²) in [5.41, 5.74) is 2.87. The summed E-state index contributed by atoms with van der Waals surface area (Å²) < 4.78 is 29.3. The predicted molar refractivity (Wildman–Crippen MR) is 87.7 cm³/mol. The van der Waals surface area contributed by atoms with E-state index in [1.54, 1.807) is 14.0 Å². The summed E-state index contributed by atoms with van der Waals surface area (Å²) in [7, 11) is -0.608. The lowest BCUT2D eigenvalue weighted by Crippen LogP contribution is -2.35. The summed E-state index contributed by atoms with van der Waals surface area (Å²) in [5.74, 6) is 0.796. The van der Waals surface area contributed by atoms with Gasteiger partial charge in [-0.3, -0.25) is 0 Å². The molecule has 22 heavy (non-hydrogen) atoms. The molecule has 0 amide bonds. The lowest BCUT2D eigenvalue weighted by Gasteiger charge is -2.22. The van der Waals surface area contributed by atoms with Crippen LogP contribution in [0.3, 0.4) is 0 Å². The zero-order chi connectivity index (χ0) is 16.3. The fourth-order valence-corrected chi connectivity index (χ4v) is 2.82. The Bertz CT molecular complexity index is 742. The van der Waals surface area contributed by atoms with E-state index in [-0.39, 0.29) is 6.04 Å². The Morgan fingerprint density at radius 1 is 1.09 bits per heavy atom. The monoisotopic (exact) mass is 320 g/mol. The molecule has 0 unspecified atom stereocenters. The maximum atomic E-state index is 11.4. The van der Waals surface area contributed by atoms with E-state index < -0.39 is 10.2 Å². The van der Waals surface area contributed by atoms with Crippen molar-refractivity contribution in [1.29, 1.82) is 0 Å². The van der Waals surface area contributed by atoms with E-state index in [9.17, 15) is 8.42 Å². The molecular weight excluding hydrogens is 300 g/mol. The number of hydrogen-bond acceptors (Lipinski definition) is 3. The Morgan fingerprint density at radius 3 is 2.23 bits per heavy atom. The molecule has 2 N–H and O–H groups in total. The Morgan fingerprint density at radius 2 is 1.68 bits per heavy atom. The highest BCUT2D eigenvalue weighted by atomic mass is 32.2. The van der Waals surface area contributed by atoms with Crippen LogP contribution < -0.4 is 9.88 Å². The average molecular weight is 320 g/mol. The van der Waals surface area contributed by atoms with Gasteiger partial charge in [0, 0.05) is 18.7 Å². The van der Waals surface area contributed by atoms with Gasteiger partial charge in [0.05, 0.1) is 7.11 Å². The molecule has 2 rings (SSSR count). The number of nitrogens with zero attached hydrogens (tertiary/aromatic N) is 1. The maximum Gasteiger partial charge on any atom is 0.277 e. The number of methoxy groups -OCH3 is 1. The molecule has 1 atom stereocenters. The van der Waals surface area contributed by atoms with Gasteiger partial charge in [-0.2, -0.15) is 12.7 Å². The number of rotatable bonds is 5. The second kappa shape index (κ2) is 6.48. The quantitative estimate of drug-likeness (QED) is 0.920. The molecule has 0 radical (unpaired) electrons. The molecule has 5 nitrogen and oxygen atoms in total.